The summed E-state index contributed by atoms with van der Waals surface area (Å²) >= 11 is 1.50. The van der Waals surface area contributed by atoms with Crippen molar-refractivity contribution >= 4 is 17.7 Å². The third-order valence-corrected chi connectivity index (χ3v) is 5.13. The summed E-state index contributed by atoms with van der Waals surface area (Å²) < 4.78 is 0. The van der Waals surface area contributed by atoms with Crippen LogP contribution < -0.4 is 0 Å². The van der Waals surface area contributed by atoms with Gasteiger partial charge in [-0.05, 0) is 49.6 Å². The van der Waals surface area contributed by atoms with E-state index in [9.17, 15) is 9.90 Å². The van der Waals surface area contributed by atoms with Crippen LogP contribution in [0.15, 0.2) is 53.7 Å². The molecular formula is C18H20N2O2S. The number of nitrogens with zero attached hydrogens (tertiary/aromatic N) is 2. The number of amides is 1. The highest BCUT2D eigenvalue weighted by molar-refractivity contribution is 8.00. The molecule has 5 heteroatoms. The van der Waals surface area contributed by atoms with Crippen molar-refractivity contribution in [1.29, 1.82) is 0 Å². The van der Waals surface area contributed by atoms with Crippen LogP contribution in [-0.2, 0) is 4.79 Å². The quantitative estimate of drug-likeness (QED) is 0.871. The molecule has 2 atom stereocenters. The van der Waals surface area contributed by atoms with Gasteiger partial charge in [-0.3, -0.25) is 4.79 Å². The molecule has 1 aliphatic rings. The normalized spacial score (nSPS) is 18.8. The number of carbonyl (C=O) groups excluding carboxylic acids is 1. The standard InChI is InChI=1S/C18H20N2O2S/c1-13(23-17-6-2-3-11-19-17)18(22)20-12-4-5-16(20)14-7-9-15(21)10-8-14/h2-3,6-11,13,16,21H,4-5,12H2,1H3. The summed E-state index contributed by atoms with van der Waals surface area (Å²) in [5.74, 6) is 0.403. The van der Waals surface area contributed by atoms with Gasteiger partial charge in [0.2, 0.25) is 5.91 Å². The fraction of sp³-hybridized carbons (Fsp3) is 0.333. The molecule has 1 saturated heterocycles. The minimum absolute atomic E-state index is 0.106. The molecule has 120 valence electrons. The monoisotopic (exact) mass is 328 g/mol. The molecule has 0 radical (unpaired) electrons. The largest absolute Gasteiger partial charge is 0.508 e. The molecule has 2 heterocycles. The Morgan fingerprint density at radius 1 is 1.30 bits per heavy atom. The van der Waals surface area contributed by atoms with Crippen molar-refractivity contribution in [2.75, 3.05) is 6.54 Å². The van der Waals surface area contributed by atoms with Gasteiger partial charge in [0.1, 0.15) is 5.75 Å². The van der Waals surface area contributed by atoms with Crippen molar-refractivity contribution < 1.29 is 9.90 Å². The fourth-order valence-corrected chi connectivity index (χ4v) is 3.83. The lowest BCUT2D eigenvalue weighted by molar-refractivity contribution is -0.131. The molecule has 2 aromatic rings. The van der Waals surface area contributed by atoms with Gasteiger partial charge < -0.3 is 10.0 Å². The van der Waals surface area contributed by atoms with E-state index in [0.29, 0.717) is 0 Å². The lowest BCUT2D eigenvalue weighted by Crippen LogP contribution is -2.36. The number of aromatic hydroxyl groups is 1. The van der Waals surface area contributed by atoms with Crippen LogP contribution in [0, 0.1) is 0 Å². The number of hydrogen-bond acceptors (Lipinski definition) is 4. The van der Waals surface area contributed by atoms with Crippen molar-refractivity contribution in [2.24, 2.45) is 0 Å². The summed E-state index contributed by atoms with van der Waals surface area (Å²) in [6.07, 6.45) is 3.73. The van der Waals surface area contributed by atoms with Crippen molar-refractivity contribution in [3.63, 3.8) is 0 Å². The van der Waals surface area contributed by atoms with Gasteiger partial charge in [0, 0.05) is 12.7 Å². The molecule has 1 fully saturated rings. The van der Waals surface area contributed by atoms with Gasteiger partial charge in [-0.2, -0.15) is 0 Å². The van der Waals surface area contributed by atoms with E-state index in [-0.39, 0.29) is 22.9 Å². The molecule has 1 aliphatic heterocycles. The van der Waals surface area contributed by atoms with Gasteiger partial charge in [-0.25, -0.2) is 4.98 Å². The minimum atomic E-state index is -0.164. The zero-order chi connectivity index (χ0) is 16.2. The Hall–Kier alpha value is -2.01. The second-order valence-electron chi connectivity index (χ2n) is 5.71. The molecule has 0 saturated carbocycles. The Kier molecular flexibility index (Phi) is 4.86. The van der Waals surface area contributed by atoms with Crippen LogP contribution >= 0.6 is 11.8 Å². The van der Waals surface area contributed by atoms with E-state index in [1.165, 1.54) is 11.8 Å². The zero-order valence-corrected chi connectivity index (χ0v) is 13.9. The van der Waals surface area contributed by atoms with Gasteiger partial charge in [0.25, 0.3) is 0 Å². The Labute approximate surface area is 140 Å². The topological polar surface area (TPSA) is 53.4 Å². The number of hydrogen-bond donors (Lipinski definition) is 1. The first-order valence-corrected chi connectivity index (χ1v) is 8.70. The average Bonchev–Trinajstić information content (AvgIpc) is 3.05. The number of benzene rings is 1. The van der Waals surface area contributed by atoms with E-state index in [4.69, 9.17) is 0 Å². The zero-order valence-electron chi connectivity index (χ0n) is 13.1. The number of thioether (sulfide) groups is 1. The maximum absolute atomic E-state index is 12.8. The van der Waals surface area contributed by atoms with Crippen LogP contribution in [0.25, 0.3) is 0 Å². The Morgan fingerprint density at radius 2 is 2.09 bits per heavy atom. The number of pyridine rings is 1. The van der Waals surface area contributed by atoms with Crippen molar-refractivity contribution in [1.82, 2.24) is 9.88 Å². The molecule has 1 aromatic heterocycles. The first kappa shape index (κ1) is 15.9. The summed E-state index contributed by atoms with van der Waals surface area (Å²) in [6.45, 7) is 2.73. The SMILES string of the molecule is CC(Sc1ccccn1)C(=O)N1CCCC1c1ccc(O)cc1. The number of carbonyl (C=O) groups is 1. The lowest BCUT2D eigenvalue weighted by atomic mass is 10.0. The predicted octanol–water partition coefficient (Wildman–Crippen LogP) is 3.63. The van der Waals surface area contributed by atoms with E-state index in [1.54, 1.807) is 18.3 Å². The second-order valence-corrected chi connectivity index (χ2v) is 7.07. The lowest BCUT2D eigenvalue weighted by Gasteiger charge is -2.27. The molecule has 4 nitrogen and oxygen atoms in total. The Balaban J connectivity index is 1.71. The van der Waals surface area contributed by atoms with Crippen LogP contribution in [0.4, 0.5) is 0 Å². The summed E-state index contributed by atoms with van der Waals surface area (Å²) in [5.41, 5.74) is 1.09. The fourth-order valence-electron chi connectivity index (χ4n) is 2.96. The van der Waals surface area contributed by atoms with Gasteiger partial charge in [0.05, 0.1) is 16.3 Å². The number of phenolic OH excluding ortho intramolecular Hbond substituents is 1. The molecule has 1 N–H and O–H groups in total. The van der Waals surface area contributed by atoms with Crippen LogP contribution in [0.1, 0.15) is 31.4 Å². The first-order valence-electron chi connectivity index (χ1n) is 7.82. The van der Waals surface area contributed by atoms with E-state index in [1.807, 2.05) is 42.2 Å². The second kappa shape index (κ2) is 7.04. The minimum Gasteiger partial charge on any atom is -0.508 e. The highest BCUT2D eigenvalue weighted by atomic mass is 32.2. The Morgan fingerprint density at radius 3 is 2.78 bits per heavy atom. The number of aromatic nitrogens is 1. The average molecular weight is 328 g/mol. The van der Waals surface area contributed by atoms with E-state index >= 15 is 0 Å². The van der Waals surface area contributed by atoms with Gasteiger partial charge in [-0.15, -0.1) is 0 Å². The smallest absolute Gasteiger partial charge is 0.236 e. The molecule has 0 aliphatic carbocycles. The first-order chi connectivity index (χ1) is 11.1. The molecule has 23 heavy (non-hydrogen) atoms. The maximum atomic E-state index is 12.8. The summed E-state index contributed by atoms with van der Waals surface area (Å²) in [5, 5.41) is 10.1. The summed E-state index contributed by atoms with van der Waals surface area (Å²) in [4.78, 5) is 19.1. The van der Waals surface area contributed by atoms with Gasteiger partial charge in [0.15, 0.2) is 0 Å². The molecule has 3 rings (SSSR count). The van der Waals surface area contributed by atoms with E-state index in [0.717, 1.165) is 30.0 Å². The van der Waals surface area contributed by atoms with Gasteiger partial charge >= 0.3 is 0 Å². The Bertz CT molecular complexity index is 660. The molecule has 0 bridgehead atoms. The predicted molar refractivity (Wildman–Crippen MR) is 91.4 cm³/mol. The van der Waals surface area contributed by atoms with Crippen molar-refractivity contribution in [3.8, 4) is 5.75 Å². The molecule has 1 amide bonds. The van der Waals surface area contributed by atoms with Crippen LogP contribution in [0.2, 0.25) is 0 Å². The van der Waals surface area contributed by atoms with Crippen LogP contribution in [0.3, 0.4) is 0 Å². The van der Waals surface area contributed by atoms with E-state index < -0.39 is 0 Å². The maximum Gasteiger partial charge on any atom is 0.236 e. The summed E-state index contributed by atoms with van der Waals surface area (Å²) in [6, 6.07) is 13.0. The molecular weight excluding hydrogens is 308 g/mol. The number of phenols is 1. The number of rotatable bonds is 4. The molecule has 2 unspecified atom stereocenters. The van der Waals surface area contributed by atoms with Crippen molar-refractivity contribution in [2.45, 2.75) is 36.1 Å². The third-order valence-electron chi connectivity index (χ3n) is 4.10. The van der Waals surface area contributed by atoms with Crippen LogP contribution in [0.5, 0.6) is 5.75 Å². The molecule has 0 spiro atoms. The highest BCUT2D eigenvalue weighted by Crippen LogP contribution is 2.35. The van der Waals surface area contributed by atoms with Crippen LogP contribution in [-0.4, -0.2) is 32.7 Å². The molecule has 1 aromatic carbocycles. The van der Waals surface area contributed by atoms with Gasteiger partial charge in [-0.1, -0.05) is 30.0 Å². The third kappa shape index (κ3) is 3.67. The summed E-state index contributed by atoms with van der Waals surface area (Å²) in [7, 11) is 0. The number of likely N-dealkylation sites (tertiary alicyclic amines) is 1. The highest BCUT2D eigenvalue weighted by Gasteiger charge is 2.32. The van der Waals surface area contributed by atoms with Crippen molar-refractivity contribution in [3.05, 3.63) is 54.2 Å². The van der Waals surface area contributed by atoms with E-state index in [2.05, 4.69) is 4.98 Å².